The van der Waals surface area contributed by atoms with E-state index >= 15 is 0 Å². The van der Waals surface area contributed by atoms with Crippen molar-refractivity contribution in [1.82, 2.24) is 20.4 Å². The second-order valence-electron chi connectivity index (χ2n) is 5.75. The van der Waals surface area contributed by atoms with Gasteiger partial charge in [0, 0.05) is 24.8 Å². The predicted molar refractivity (Wildman–Crippen MR) is 99.7 cm³/mol. The summed E-state index contributed by atoms with van der Waals surface area (Å²) < 4.78 is 1.61. The van der Waals surface area contributed by atoms with Gasteiger partial charge < -0.3 is 10.6 Å². The summed E-state index contributed by atoms with van der Waals surface area (Å²) in [6.45, 7) is 3.96. The number of para-hydroxylation sites is 1. The highest BCUT2D eigenvalue weighted by atomic mass is 35.5. The van der Waals surface area contributed by atoms with Gasteiger partial charge in [-0.2, -0.15) is 5.10 Å². The van der Waals surface area contributed by atoms with Crippen LogP contribution in [-0.4, -0.2) is 35.3 Å². The molecule has 25 heavy (non-hydrogen) atoms. The van der Waals surface area contributed by atoms with E-state index in [2.05, 4.69) is 21.8 Å². The minimum absolute atomic E-state index is 0. The number of nitrogens with zero attached hydrogens (tertiary/aromatic N) is 2. The number of benzene rings is 1. The van der Waals surface area contributed by atoms with Crippen molar-refractivity contribution in [3.05, 3.63) is 69.7 Å². The Hall–Kier alpha value is -2.44. The van der Waals surface area contributed by atoms with Gasteiger partial charge in [-0.05, 0) is 32.0 Å². The number of aromatic nitrogens is 2. The summed E-state index contributed by atoms with van der Waals surface area (Å²) >= 11 is 0. The van der Waals surface area contributed by atoms with Crippen molar-refractivity contribution in [3.63, 3.8) is 0 Å². The molecule has 0 saturated heterocycles. The van der Waals surface area contributed by atoms with Crippen molar-refractivity contribution in [1.29, 1.82) is 0 Å². The molecule has 1 aliphatic rings. The third kappa shape index (κ3) is 4.55. The van der Waals surface area contributed by atoms with Crippen LogP contribution in [0.3, 0.4) is 0 Å². The number of amides is 1. The molecule has 0 spiro atoms. The van der Waals surface area contributed by atoms with Gasteiger partial charge in [-0.3, -0.25) is 9.59 Å². The Kier molecular flexibility index (Phi) is 6.50. The van der Waals surface area contributed by atoms with Crippen LogP contribution < -0.4 is 16.1 Å². The molecule has 6 nitrogen and oxygen atoms in total. The molecule has 1 aromatic carbocycles. The lowest BCUT2D eigenvalue weighted by Crippen LogP contribution is -2.34. The van der Waals surface area contributed by atoms with Crippen LogP contribution in [0.1, 0.15) is 22.6 Å². The average Bonchev–Trinajstić information content (AvgIpc) is 2.61. The number of aryl methyl sites for hydroxylation is 1. The van der Waals surface area contributed by atoms with Crippen LogP contribution in [0.2, 0.25) is 0 Å². The largest absolute Gasteiger partial charge is 0.347 e. The monoisotopic (exact) mass is 360 g/mol. The zero-order valence-electron chi connectivity index (χ0n) is 14.0. The highest BCUT2D eigenvalue weighted by Gasteiger charge is 2.15. The van der Waals surface area contributed by atoms with E-state index < -0.39 is 5.91 Å². The van der Waals surface area contributed by atoms with Gasteiger partial charge in [0.15, 0.2) is 5.69 Å². The molecule has 2 N–H and O–H groups in total. The van der Waals surface area contributed by atoms with Crippen LogP contribution in [0.4, 0.5) is 0 Å². The SMILES string of the molecule is Cc1cc(=O)c(C(=O)NCC2=CCNCC2)nn1-c1ccccc1.Cl. The van der Waals surface area contributed by atoms with Gasteiger partial charge in [-0.25, -0.2) is 4.68 Å². The minimum atomic E-state index is -0.441. The van der Waals surface area contributed by atoms with E-state index in [4.69, 9.17) is 0 Å². The maximum Gasteiger partial charge on any atom is 0.276 e. The third-order valence-corrected chi connectivity index (χ3v) is 3.96. The van der Waals surface area contributed by atoms with Crippen LogP contribution >= 0.6 is 12.4 Å². The molecule has 0 atom stereocenters. The number of halogens is 1. The lowest BCUT2D eigenvalue weighted by molar-refractivity contribution is 0.0948. The first-order valence-electron chi connectivity index (χ1n) is 7.98. The first kappa shape index (κ1) is 18.9. The van der Waals surface area contributed by atoms with Gasteiger partial charge in [0.05, 0.1) is 5.69 Å². The fourth-order valence-electron chi connectivity index (χ4n) is 2.64. The highest BCUT2D eigenvalue weighted by molar-refractivity contribution is 5.92. The van der Waals surface area contributed by atoms with Crippen molar-refractivity contribution in [2.75, 3.05) is 19.6 Å². The molecule has 7 heteroatoms. The predicted octanol–water partition coefficient (Wildman–Crippen LogP) is 1.61. The van der Waals surface area contributed by atoms with Crippen LogP contribution in [0.15, 0.2) is 52.8 Å². The Morgan fingerprint density at radius 1 is 1.32 bits per heavy atom. The van der Waals surface area contributed by atoms with Gasteiger partial charge in [-0.15, -0.1) is 12.4 Å². The number of hydrogen-bond acceptors (Lipinski definition) is 4. The van der Waals surface area contributed by atoms with Crippen LogP contribution in [-0.2, 0) is 0 Å². The molecule has 3 rings (SSSR count). The van der Waals surface area contributed by atoms with Crippen LogP contribution in [0, 0.1) is 6.92 Å². The van der Waals surface area contributed by atoms with Gasteiger partial charge in [0.25, 0.3) is 5.91 Å². The molecular formula is C18H21ClN4O2. The van der Waals surface area contributed by atoms with E-state index in [0.717, 1.165) is 30.8 Å². The fraction of sp³-hybridized carbons (Fsp3) is 0.278. The Bertz CT molecular complexity index is 831. The summed E-state index contributed by atoms with van der Waals surface area (Å²) in [6, 6.07) is 10.9. The summed E-state index contributed by atoms with van der Waals surface area (Å²) in [6.07, 6.45) is 2.96. The number of hydrogen-bond donors (Lipinski definition) is 2. The Morgan fingerprint density at radius 2 is 2.08 bits per heavy atom. The van der Waals surface area contributed by atoms with Crippen molar-refractivity contribution < 1.29 is 4.79 Å². The maximum absolute atomic E-state index is 12.4. The Balaban J connectivity index is 0.00000225. The second kappa shape index (κ2) is 8.60. The minimum Gasteiger partial charge on any atom is -0.347 e. The van der Waals surface area contributed by atoms with E-state index in [1.165, 1.54) is 6.07 Å². The van der Waals surface area contributed by atoms with Crippen LogP contribution in [0.25, 0.3) is 5.69 Å². The molecule has 0 unspecified atom stereocenters. The van der Waals surface area contributed by atoms with Crippen molar-refractivity contribution in [2.24, 2.45) is 0 Å². The molecular weight excluding hydrogens is 340 g/mol. The molecule has 132 valence electrons. The molecule has 1 aromatic heterocycles. The molecule has 1 aliphatic heterocycles. The first-order valence-corrected chi connectivity index (χ1v) is 7.98. The highest BCUT2D eigenvalue weighted by Crippen LogP contribution is 2.08. The van der Waals surface area contributed by atoms with E-state index in [-0.39, 0.29) is 23.5 Å². The molecule has 0 aliphatic carbocycles. The lowest BCUT2D eigenvalue weighted by Gasteiger charge is -2.15. The topological polar surface area (TPSA) is 76.0 Å². The zero-order valence-corrected chi connectivity index (χ0v) is 14.8. The molecule has 0 bridgehead atoms. The van der Waals surface area contributed by atoms with E-state index in [1.807, 2.05) is 30.3 Å². The summed E-state index contributed by atoms with van der Waals surface area (Å²) in [4.78, 5) is 24.5. The third-order valence-electron chi connectivity index (χ3n) is 3.96. The standard InChI is InChI=1S/C18H20N4O2.ClH/c1-13-11-16(23)17(21-22(13)15-5-3-2-4-6-15)18(24)20-12-14-7-9-19-10-8-14;/h2-7,11,19H,8-10,12H2,1H3,(H,20,24);1H. The van der Waals surface area contributed by atoms with Gasteiger partial charge in [0.1, 0.15) is 0 Å². The number of rotatable bonds is 4. The average molecular weight is 361 g/mol. The lowest BCUT2D eigenvalue weighted by atomic mass is 10.1. The first-order chi connectivity index (χ1) is 11.6. The van der Waals surface area contributed by atoms with Gasteiger partial charge in [-0.1, -0.05) is 29.8 Å². The molecule has 2 aromatic rings. The van der Waals surface area contributed by atoms with Crippen molar-refractivity contribution in [3.8, 4) is 5.69 Å². The smallest absolute Gasteiger partial charge is 0.276 e. The van der Waals surface area contributed by atoms with E-state index in [1.54, 1.807) is 11.6 Å². The number of carbonyl (C=O) groups excluding carboxylic acids is 1. The normalized spacial score (nSPS) is 13.6. The molecule has 0 saturated carbocycles. The number of carbonyl (C=O) groups is 1. The van der Waals surface area contributed by atoms with E-state index in [0.29, 0.717) is 12.2 Å². The van der Waals surface area contributed by atoms with E-state index in [9.17, 15) is 9.59 Å². The molecule has 2 heterocycles. The zero-order chi connectivity index (χ0) is 16.9. The second-order valence-corrected chi connectivity index (χ2v) is 5.75. The molecule has 0 fully saturated rings. The quantitative estimate of drug-likeness (QED) is 0.812. The Morgan fingerprint density at radius 3 is 2.76 bits per heavy atom. The summed E-state index contributed by atoms with van der Waals surface area (Å²) in [5.74, 6) is -0.441. The fourth-order valence-corrected chi connectivity index (χ4v) is 2.64. The van der Waals surface area contributed by atoms with Gasteiger partial charge >= 0.3 is 0 Å². The maximum atomic E-state index is 12.4. The number of nitrogens with one attached hydrogen (secondary N) is 2. The summed E-state index contributed by atoms with van der Waals surface area (Å²) in [5, 5.41) is 10.3. The molecule has 1 amide bonds. The summed E-state index contributed by atoms with van der Waals surface area (Å²) in [7, 11) is 0. The van der Waals surface area contributed by atoms with Crippen LogP contribution in [0.5, 0.6) is 0 Å². The molecule has 0 radical (unpaired) electrons. The van der Waals surface area contributed by atoms with Crippen molar-refractivity contribution in [2.45, 2.75) is 13.3 Å². The van der Waals surface area contributed by atoms with Crippen molar-refractivity contribution >= 4 is 18.3 Å². The Labute approximate surface area is 152 Å². The summed E-state index contributed by atoms with van der Waals surface area (Å²) in [5.41, 5.74) is 2.21. The van der Waals surface area contributed by atoms with Gasteiger partial charge in [0.2, 0.25) is 5.43 Å².